The number of aryl methyl sites for hydroxylation is 1. The number of likely N-dealkylation sites (tertiary alicyclic amines) is 1. The summed E-state index contributed by atoms with van der Waals surface area (Å²) in [6.45, 7) is 4.84. The Morgan fingerprint density at radius 1 is 0.952 bits per heavy atom. The third-order valence-corrected chi connectivity index (χ3v) is 9.03. The summed E-state index contributed by atoms with van der Waals surface area (Å²) in [7, 11) is -4.02. The van der Waals surface area contributed by atoms with Crippen molar-refractivity contribution in [2.24, 2.45) is 17.1 Å². The third kappa shape index (κ3) is 7.49. The van der Waals surface area contributed by atoms with Crippen molar-refractivity contribution in [3.63, 3.8) is 0 Å². The lowest BCUT2D eigenvalue weighted by molar-refractivity contribution is -0.152. The lowest BCUT2D eigenvalue weighted by Crippen LogP contribution is -2.52. The van der Waals surface area contributed by atoms with E-state index in [9.17, 15) is 31.2 Å². The van der Waals surface area contributed by atoms with E-state index in [2.05, 4.69) is 0 Å². The van der Waals surface area contributed by atoms with Gasteiger partial charge in [-0.15, -0.1) is 0 Å². The smallest absolute Gasteiger partial charge is 0.294 e. The minimum atomic E-state index is -4.02. The predicted molar refractivity (Wildman–Crippen MR) is 147 cm³/mol. The van der Waals surface area contributed by atoms with Crippen molar-refractivity contribution in [3.8, 4) is 0 Å². The number of carbonyl (C=O) groups is 2. The van der Waals surface area contributed by atoms with Gasteiger partial charge in [0.1, 0.15) is 11.2 Å². The molecule has 1 saturated carbocycles. The van der Waals surface area contributed by atoms with Crippen molar-refractivity contribution in [1.29, 1.82) is 0 Å². The van der Waals surface area contributed by atoms with Crippen molar-refractivity contribution >= 4 is 21.9 Å². The molecule has 0 bridgehead atoms. The van der Waals surface area contributed by atoms with Crippen LogP contribution < -0.4 is 5.73 Å². The molecule has 3 N–H and O–H groups in total. The maximum absolute atomic E-state index is 13.9. The number of piperidine rings is 1. The van der Waals surface area contributed by atoms with Gasteiger partial charge >= 0.3 is 0 Å². The normalized spacial score (nSPS) is 19.5. The monoisotopic (exact) mass is 611 g/mol. The second-order valence-corrected chi connectivity index (χ2v) is 12.6. The van der Waals surface area contributed by atoms with E-state index in [0.29, 0.717) is 71.1 Å². The molecule has 2 aromatic carbocycles. The zero-order valence-electron chi connectivity index (χ0n) is 23.4. The highest BCUT2D eigenvalue weighted by molar-refractivity contribution is 7.85. The lowest BCUT2D eigenvalue weighted by atomic mass is 9.85. The van der Waals surface area contributed by atoms with E-state index < -0.39 is 39.0 Å². The zero-order chi connectivity index (χ0) is 30.7. The van der Waals surface area contributed by atoms with Crippen LogP contribution in [0.15, 0.2) is 41.3 Å². The van der Waals surface area contributed by atoms with E-state index in [1.54, 1.807) is 21.9 Å². The van der Waals surface area contributed by atoms with Crippen molar-refractivity contribution in [2.45, 2.75) is 50.0 Å². The number of morpholine rings is 1. The number of halogens is 3. The molecule has 2 saturated heterocycles. The fourth-order valence-electron chi connectivity index (χ4n) is 5.40. The molecule has 0 spiro atoms. The molecule has 1 aliphatic carbocycles. The molecule has 3 aliphatic rings. The number of hydrogen-bond acceptors (Lipinski definition) is 6. The number of nitrogens with zero attached hydrogens (tertiary/aromatic N) is 2. The highest BCUT2D eigenvalue weighted by Crippen LogP contribution is 2.49. The average Bonchev–Trinajstić information content (AvgIpc) is 3.78. The van der Waals surface area contributed by atoms with E-state index >= 15 is 0 Å². The topological polar surface area (TPSA) is 130 Å². The van der Waals surface area contributed by atoms with Gasteiger partial charge in [0, 0.05) is 38.3 Å². The summed E-state index contributed by atoms with van der Waals surface area (Å²) < 4.78 is 75.4. The van der Waals surface area contributed by atoms with Gasteiger partial charge in [0.25, 0.3) is 10.1 Å². The molecule has 0 unspecified atom stereocenters. The van der Waals surface area contributed by atoms with Crippen LogP contribution in [0, 0.1) is 35.7 Å². The van der Waals surface area contributed by atoms with Crippen LogP contribution in [0.25, 0.3) is 0 Å². The Morgan fingerprint density at radius 2 is 1.48 bits per heavy atom. The van der Waals surface area contributed by atoms with Gasteiger partial charge in [-0.1, -0.05) is 17.7 Å². The second-order valence-electron chi connectivity index (χ2n) is 11.1. The number of nitrogens with two attached hydrogens (primary N) is 1. The molecule has 2 aliphatic heterocycles. The SMILES string of the molecule is Cc1ccc(S(=O)(=O)O)cc1.N[C@H](Cc1cc(F)c(F)cc1F)C1CCN(C(=O)C2(C(=O)N3CCOCC3)CC2)CC1. The van der Waals surface area contributed by atoms with Gasteiger partial charge in [-0.3, -0.25) is 14.1 Å². The number of carbonyl (C=O) groups excluding carboxylic acids is 2. The van der Waals surface area contributed by atoms with Gasteiger partial charge in [-0.05, 0) is 68.7 Å². The predicted octanol–water partition coefficient (Wildman–Crippen LogP) is 3.09. The summed E-state index contributed by atoms with van der Waals surface area (Å²) in [5.41, 5.74) is 6.34. The summed E-state index contributed by atoms with van der Waals surface area (Å²) in [5, 5.41) is 0. The summed E-state index contributed by atoms with van der Waals surface area (Å²) in [4.78, 5) is 29.5. The lowest BCUT2D eigenvalue weighted by Gasteiger charge is -2.37. The Hall–Kier alpha value is -3.00. The Bertz CT molecular complexity index is 1390. The van der Waals surface area contributed by atoms with Crippen LogP contribution in [0.1, 0.15) is 36.8 Å². The number of hydrogen-bond donors (Lipinski definition) is 2. The number of rotatable bonds is 6. The van der Waals surface area contributed by atoms with Crippen LogP contribution in [0.3, 0.4) is 0 Å². The van der Waals surface area contributed by atoms with E-state index in [1.807, 2.05) is 6.92 Å². The standard InChI is InChI=1S/C22H28F3N3O3.C7H8O3S/c23-16-13-18(25)17(24)11-15(16)12-19(26)14-1-5-27(6-2-14)20(29)22(3-4-22)21(30)28-7-9-31-10-8-28;1-6-2-4-7(5-3-6)11(8,9)10/h11,13-14,19H,1-10,12,26H2;2-5H,1H3,(H,8,9,10)/t19-;/m1./s1. The van der Waals surface area contributed by atoms with Crippen molar-refractivity contribution in [2.75, 3.05) is 39.4 Å². The molecule has 0 radical (unpaired) electrons. The summed E-state index contributed by atoms with van der Waals surface area (Å²) in [6.07, 6.45) is 2.51. The van der Waals surface area contributed by atoms with E-state index in [1.165, 1.54) is 12.1 Å². The molecule has 42 heavy (non-hydrogen) atoms. The Kier molecular flexibility index (Phi) is 9.96. The quantitative estimate of drug-likeness (QED) is 0.292. The van der Waals surface area contributed by atoms with Gasteiger partial charge in [0.2, 0.25) is 11.8 Å². The number of benzene rings is 2. The fraction of sp³-hybridized carbons (Fsp3) is 0.517. The van der Waals surface area contributed by atoms with Gasteiger partial charge in [0.05, 0.1) is 18.1 Å². The van der Waals surface area contributed by atoms with Crippen molar-refractivity contribution in [3.05, 3.63) is 65.0 Å². The summed E-state index contributed by atoms with van der Waals surface area (Å²) >= 11 is 0. The molecule has 1 atom stereocenters. The van der Waals surface area contributed by atoms with Crippen LogP contribution in [0.5, 0.6) is 0 Å². The van der Waals surface area contributed by atoms with Crippen LogP contribution in [0.4, 0.5) is 13.2 Å². The summed E-state index contributed by atoms with van der Waals surface area (Å²) in [6, 6.07) is 6.96. The molecule has 3 fully saturated rings. The van der Waals surface area contributed by atoms with Crippen molar-refractivity contribution in [1.82, 2.24) is 9.80 Å². The highest BCUT2D eigenvalue weighted by atomic mass is 32.2. The molecule has 2 amide bonds. The second kappa shape index (κ2) is 13.1. The molecule has 2 aromatic rings. The molecular weight excluding hydrogens is 575 g/mol. The fourth-order valence-corrected chi connectivity index (χ4v) is 5.88. The first-order valence-electron chi connectivity index (χ1n) is 13.9. The first kappa shape index (κ1) is 31.9. The molecule has 0 aromatic heterocycles. The molecule has 2 heterocycles. The maximum Gasteiger partial charge on any atom is 0.294 e. The van der Waals surface area contributed by atoms with Gasteiger partial charge in [0.15, 0.2) is 11.6 Å². The van der Waals surface area contributed by atoms with Gasteiger partial charge in [-0.25, -0.2) is 13.2 Å². The maximum atomic E-state index is 13.9. The third-order valence-electron chi connectivity index (χ3n) is 8.16. The van der Waals surface area contributed by atoms with Crippen LogP contribution in [-0.2, 0) is 30.9 Å². The van der Waals surface area contributed by atoms with Crippen LogP contribution in [-0.4, -0.2) is 80.0 Å². The first-order valence-corrected chi connectivity index (χ1v) is 15.4. The Labute approximate surface area is 243 Å². The molecular formula is C29H36F3N3O6S. The Balaban J connectivity index is 0.000000310. The average molecular weight is 612 g/mol. The minimum Gasteiger partial charge on any atom is -0.378 e. The van der Waals surface area contributed by atoms with E-state index in [0.717, 1.165) is 11.6 Å². The largest absolute Gasteiger partial charge is 0.378 e. The van der Waals surface area contributed by atoms with Crippen LogP contribution >= 0.6 is 0 Å². The number of ether oxygens (including phenoxy) is 1. The van der Waals surface area contributed by atoms with E-state index in [-0.39, 0.29) is 34.6 Å². The van der Waals surface area contributed by atoms with Crippen molar-refractivity contribution < 1.29 is 40.5 Å². The number of amides is 2. The van der Waals surface area contributed by atoms with E-state index in [4.69, 9.17) is 15.0 Å². The molecule has 13 heteroatoms. The Morgan fingerprint density at radius 3 is 2.00 bits per heavy atom. The molecule has 5 rings (SSSR count). The first-order chi connectivity index (χ1) is 19.8. The van der Waals surface area contributed by atoms with Gasteiger partial charge in [-0.2, -0.15) is 8.42 Å². The molecule has 9 nitrogen and oxygen atoms in total. The van der Waals surface area contributed by atoms with Gasteiger partial charge < -0.3 is 20.3 Å². The van der Waals surface area contributed by atoms with Crippen LogP contribution in [0.2, 0.25) is 0 Å². The highest BCUT2D eigenvalue weighted by Gasteiger charge is 2.59. The molecule has 230 valence electrons. The summed E-state index contributed by atoms with van der Waals surface area (Å²) in [5.74, 6) is -3.29. The minimum absolute atomic E-state index is 0.0293. The zero-order valence-corrected chi connectivity index (χ0v) is 24.2.